The number of hydrogen-bond acceptors (Lipinski definition) is 4. The van der Waals surface area contributed by atoms with Crippen LogP contribution in [0.25, 0.3) is 5.69 Å². The summed E-state index contributed by atoms with van der Waals surface area (Å²) in [6.07, 6.45) is 3.74. The fourth-order valence-corrected chi connectivity index (χ4v) is 3.00. The molecule has 0 aliphatic rings. The minimum absolute atomic E-state index is 0.290. The number of nitrogens with one attached hydrogen (secondary N) is 1. The third-order valence-electron chi connectivity index (χ3n) is 4.11. The summed E-state index contributed by atoms with van der Waals surface area (Å²) in [5, 5.41) is 3.26. The predicted molar refractivity (Wildman–Crippen MR) is 108 cm³/mol. The van der Waals surface area contributed by atoms with Gasteiger partial charge in [-0.15, -0.1) is 0 Å². The molecule has 3 aromatic rings. The minimum Gasteiger partial charge on any atom is -0.496 e. The summed E-state index contributed by atoms with van der Waals surface area (Å²) in [5.41, 5.74) is 1.10. The van der Waals surface area contributed by atoms with Crippen molar-refractivity contribution in [3.63, 3.8) is 0 Å². The van der Waals surface area contributed by atoms with Crippen LogP contribution >= 0.6 is 11.6 Å². The van der Waals surface area contributed by atoms with E-state index < -0.39 is 0 Å². The Morgan fingerprint density at radius 2 is 1.68 bits per heavy atom. The number of rotatable bonds is 8. The molecule has 0 aliphatic carbocycles. The lowest BCUT2D eigenvalue weighted by Crippen LogP contribution is -2.28. The fourth-order valence-electron chi connectivity index (χ4n) is 2.74. The van der Waals surface area contributed by atoms with Gasteiger partial charge in [-0.2, -0.15) is 0 Å². The summed E-state index contributed by atoms with van der Waals surface area (Å²) in [5.74, 6) is 1.41. The number of halogens is 1. The number of carbonyl (C=O) groups is 1. The van der Waals surface area contributed by atoms with Crippen molar-refractivity contribution >= 4 is 17.5 Å². The standard InChI is InChI=1S/C21H21ClN2O4/c1-26-18-7-3-4-8-19(18)28-12-9-23-21(25)15-13-16(22)17(14-20(15)27-2)24-10-5-6-11-24/h3-8,10-11,13-14H,9,12H2,1-2H3,(H,23,25). The van der Waals surface area contributed by atoms with Gasteiger partial charge < -0.3 is 24.1 Å². The van der Waals surface area contributed by atoms with Crippen LogP contribution in [0.5, 0.6) is 17.2 Å². The van der Waals surface area contributed by atoms with Crippen LogP contribution in [0.1, 0.15) is 10.4 Å². The maximum absolute atomic E-state index is 12.6. The van der Waals surface area contributed by atoms with Crippen molar-refractivity contribution in [1.29, 1.82) is 0 Å². The zero-order valence-corrected chi connectivity index (χ0v) is 16.4. The first-order chi connectivity index (χ1) is 13.6. The van der Waals surface area contributed by atoms with Gasteiger partial charge in [0.05, 0.1) is 37.0 Å². The third kappa shape index (κ3) is 4.40. The molecule has 1 aromatic heterocycles. The molecule has 1 N–H and O–H groups in total. The Bertz CT molecular complexity index is 942. The van der Waals surface area contributed by atoms with Crippen LogP contribution in [0.4, 0.5) is 0 Å². The van der Waals surface area contributed by atoms with Gasteiger partial charge in [0.25, 0.3) is 5.91 Å². The van der Waals surface area contributed by atoms with E-state index in [2.05, 4.69) is 5.32 Å². The second kappa shape index (κ2) is 9.19. The summed E-state index contributed by atoms with van der Waals surface area (Å²) in [7, 11) is 3.10. The van der Waals surface area contributed by atoms with E-state index in [1.807, 2.05) is 53.4 Å². The molecule has 0 unspecified atom stereocenters. The van der Waals surface area contributed by atoms with Gasteiger partial charge in [-0.05, 0) is 30.3 Å². The van der Waals surface area contributed by atoms with Crippen molar-refractivity contribution in [1.82, 2.24) is 9.88 Å². The monoisotopic (exact) mass is 400 g/mol. The normalized spacial score (nSPS) is 10.4. The number of amides is 1. The van der Waals surface area contributed by atoms with Gasteiger partial charge >= 0.3 is 0 Å². The fraction of sp³-hybridized carbons (Fsp3) is 0.190. The molecule has 0 spiro atoms. The Kier molecular flexibility index (Phi) is 6.45. The minimum atomic E-state index is -0.290. The zero-order valence-electron chi connectivity index (χ0n) is 15.6. The van der Waals surface area contributed by atoms with Gasteiger partial charge in [-0.3, -0.25) is 4.79 Å². The van der Waals surface area contributed by atoms with Crippen LogP contribution in [0.15, 0.2) is 60.9 Å². The molecule has 1 amide bonds. The Morgan fingerprint density at radius 1 is 1.00 bits per heavy atom. The van der Waals surface area contributed by atoms with Crippen LogP contribution < -0.4 is 19.5 Å². The Hall–Kier alpha value is -3.12. The van der Waals surface area contributed by atoms with Gasteiger partial charge in [0, 0.05) is 18.5 Å². The SMILES string of the molecule is COc1ccccc1OCCNC(=O)c1cc(Cl)c(-n2cccc2)cc1OC. The van der Waals surface area contributed by atoms with Crippen molar-refractivity contribution < 1.29 is 19.0 Å². The number of para-hydroxylation sites is 2. The van der Waals surface area contributed by atoms with E-state index in [4.69, 9.17) is 25.8 Å². The number of hydrogen-bond donors (Lipinski definition) is 1. The van der Waals surface area contributed by atoms with Crippen LogP contribution in [-0.2, 0) is 0 Å². The number of ether oxygens (including phenoxy) is 3. The topological polar surface area (TPSA) is 61.7 Å². The molecular weight excluding hydrogens is 380 g/mol. The third-order valence-corrected chi connectivity index (χ3v) is 4.41. The van der Waals surface area contributed by atoms with E-state index in [-0.39, 0.29) is 5.91 Å². The average Bonchev–Trinajstić information content (AvgIpc) is 3.25. The summed E-state index contributed by atoms with van der Waals surface area (Å²) < 4.78 is 18.1. The highest BCUT2D eigenvalue weighted by atomic mass is 35.5. The van der Waals surface area contributed by atoms with Gasteiger partial charge in [0.15, 0.2) is 11.5 Å². The molecule has 0 atom stereocenters. The molecule has 3 rings (SSSR count). The van der Waals surface area contributed by atoms with Gasteiger partial charge in [-0.1, -0.05) is 23.7 Å². The molecule has 1 heterocycles. The highest BCUT2D eigenvalue weighted by Gasteiger charge is 2.16. The molecule has 0 saturated carbocycles. The Balaban J connectivity index is 1.65. The number of methoxy groups -OCH3 is 2. The van der Waals surface area contributed by atoms with Crippen LogP contribution in [-0.4, -0.2) is 37.8 Å². The first-order valence-corrected chi connectivity index (χ1v) is 9.06. The number of nitrogens with zero attached hydrogens (tertiary/aromatic N) is 1. The van der Waals surface area contributed by atoms with E-state index in [9.17, 15) is 4.79 Å². The van der Waals surface area contributed by atoms with E-state index in [0.717, 1.165) is 5.69 Å². The van der Waals surface area contributed by atoms with E-state index in [0.29, 0.717) is 41.0 Å². The maximum atomic E-state index is 12.6. The second-order valence-corrected chi connectivity index (χ2v) is 6.26. The maximum Gasteiger partial charge on any atom is 0.255 e. The average molecular weight is 401 g/mol. The number of aromatic nitrogens is 1. The summed E-state index contributed by atoms with van der Waals surface area (Å²) in [4.78, 5) is 12.6. The predicted octanol–water partition coefficient (Wildman–Crippen LogP) is 3.96. The van der Waals surface area contributed by atoms with Crippen LogP contribution in [0.3, 0.4) is 0 Å². The molecule has 7 heteroatoms. The second-order valence-electron chi connectivity index (χ2n) is 5.85. The van der Waals surface area contributed by atoms with Gasteiger partial charge in [-0.25, -0.2) is 0 Å². The van der Waals surface area contributed by atoms with E-state index in [1.165, 1.54) is 7.11 Å². The molecular formula is C21H21ClN2O4. The molecule has 6 nitrogen and oxygen atoms in total. The Labute approximate surface area is 168 Å². The molecule has 0 aliphatic heterocycles. The van der Waals surface area contributed by atoms with Crippen molar-refractivity contribution in [2.75, 3.05) is 27.4 Å². The largest absolute Gasteiger partial charge is 0.496 e. The smallest absolute Gasteiger partial charge is 0.255 e. The van der Waals surface area contributed by atoms with Gasteiger partial charge in [0.1, 0.15) is 12.4 Å². The molecule has 0 fully saturated rings. The summed E-state index contributed by atoms with van der Waals surface area (Å²) in [6, 6.07) is 14.5. The molecule has 0 bridgehead atoms. The lowest BCUT2D eigenvalue weighted by molar-refractivity contribution is 0.0944. The van der Waals surface area contributed by atoms with Crippen LogP contribution in [0, 0.1) is 0 Å². The van der Waals surface area contributed by atoms with Crippen LogP contribution in [0.2, 0.25) is 5.02 Å². The van der Waals surface area contributed by atoms with Crippen molar-refractivity contribution in [2.24, 2.45) is 0 Å². The highest BCUT2D eigenvalue weighted by molar-refractivity contribution is 6.33. The molecule has 28 heavy (non-hydrogen) atoms. The zero-order chi connectivity index (χ0) is 19.9. The molecule has 0 saturated heterocycles. The Morgan fingerprint density at radius 3 is 2.36 bits per heavy atom. The lowest BCUT2D eigenvalue weighted by Gasteiger charge is -2.14. The van der Waals surface area contributed by atoms with E-state index >= 15 is 0 Å². The molecule has 146 valence electrons. The number of carbonyl (C=O) groups excluding carboxylic acids is 1. The first-order valence-electron chi connectivity index (χ1n) is 8.69. The molecule has 2 aromatic carbocycles. The van der Waals surface area contributed by atoms with Gasteiger partial charge in [0.2, 0.25) is 0 Å². The number of benzene rings is 2. The van der Waals surface area contributed by atoms with E-state index in [1.54, 1.807) is 19.2 Å². The lowest BCUT2D eigenvalue weighted by atomic mass is 10.1. The van der Waals surface area contributed by atoms with Crippen molar-refractivity contribution in [3.05, 3.63) is 71.5 Å². The highest BCUT2D eigenvalue weighted by Crippen LogP contribution is 2.30. The van der Waals surface area contributed by atoms with Crippen molar-refractivity contribution in [2.45, 2.75) is 0 Å². The van der Waals surface area contributed by atoms with Crippen molar-refractivity contribution in [3.8, 4) is 22.9 Å². The summed E-state index contributed by atoms with van der Waals surface area (Å²) >= 11 is 6.37. The molecule has 0 radical (unpaired) electrons. The quantitative estimate of drug-likeness (QED) is 0.581. The summed E-state index contributed by atoms with van der Waals surface area (Å²) in [6.45, 7) is 0.612. The first kappa shape index (κ1) is 19.6.